The highest BCUT2D eigenvalue weighted by Gasteiger charge is 2.11. The number of benzene rings is 2. The molecule has 0 unspecified atom stereocenters. The molecule has 0 aliphatic heterocycles. The Morgan fingerprint density at radius 1 is 0.875 bits per heavy atom. The Hall–Kier alpha value is -4.59. The topological polar surface area (TPSA) is 94.3 Å². The Bertz CT molecular complexity index is 1370. The summed E-state index contributed by atoms with van der Waals surface area (Å²) >= 11 is 0. The molecule has 5 aromatic rings. The monoisotopic (exact) mass is 422 g/mol. The zero-order valence-electron chi connectivity index (χ0n) is 16.9. The summed E-state index contributed by atoms with van der Waals surface area (Å²) in [4.78, 5) is 16.3. The molecule has 8 nitrogen and oxygen atoms in total. The van der Waals surface area contributed by atoms with Crippen LogP contribution in [0.5, 0.6) is 5.75 Å². The summed E-state index contributed by atoms with van der Waals surface area (Å²) in [5.41, 5.74) is 3.75. The van der Waals surface area contributed by atoms with Crippen molar-refractivity contribution in [3.63, 3.8) is 0 Å². The molecule has 3 aromatic heterocycles. The molecule has 0 radical (unpaired) electrons. The first kappa shape index (κ1) is 19.4. The summed E-state index contributed by atoms with van der Waals surface area (Å²) in [6.07, 6.45) is 3.40. The quantitative estimate of drug-likeness (QED) is 0.446. The average Bonchev–Trinajstić information content (AvgIpc) is 3.27. The van der Waals surface area contributed by atoms with Gasteiger partial charge < -0.3 is 10.1 Å². The molecule has 0 saturated carbocycles. The molecule has 0 bridgehead atoms. The highest BCUT2D eigenvalue weighted by Crippen LogP contribution is 2.23. The van der Waals surface area contributed by atoms with Crippen LogP contribution in [0.3, 0.4) is 0 Å². The van der Waals surface area contributed by atoms with Crippen molar-refractivity contribution in [3.8, 4) is 28.4 Å². The number of carbonyl (C=O) groups excluding carboxylic acids is 1. The van der Waals surface area contributed by atoms with Crippen LogP contribution in [-0.2, 0) is 4.79 Å². The highest BCUT2D eigenvalue weighted by molar-refractivity contribution is 5.92. The number of ether oxygens (including phenoxy) is 1. The molecule has 32 heavy (non-hydrogen) atoms. The van der Waals surface area contributed by atoms with E-state index in [2.05, 4.69) is 20.5 Å². The predicted molar refractivity (Wildman–Crippen MR) is 120 cm³/mol. The van der Waals surface area contributed by atoms with Gasteiger partial charge >= 0.3 is 0 Å². The Balaban J connectivity index is 1.36. The fourth-order valence-corrected chi connectivity index (χ4v) is 3.24. The van der Waals surface area contributed by atoms with E-state index in [9.17, 15) is 4.79 Å². The summed E-state index contributed by atoms with van der Waals surface area (Å²) in [5, 5.41) is 16.0. The number of rotatable bonds is 6. The Morgan fingerprint density at radius 3 is 2.56 bits per heavy atom. The van der Waals surface area contributed by atoms with E-state index in [1.54, 1.807) is 29.0 Å². The van der Waals surface area contributed by atoms with Crippen molar-refractivity contribution in [1.29, 1.82) is 0 Å². The molecule has 5 rings (SSSR count). The molecule has 1 N–H and O–H groups in total. The minimum Gasteiger partial charge on any atom is -0.484 e. The summed E-state index contributed by atoms with van der Waals surface area (Å²) in [5.74, 6) is 1.04. The molecule has 2 aromatic carbocycles. The lowest BCUT2D eigenvalue weighted by Gasteiger charge is -2.09. The number of nitrogens with zero attached hydrogens (tertiary/aromatic N) is 5. The fourth-order valence-electron chi connectivity index (χ4n) is 3.24. The zero-order valence-corrected chi connectivity index (χ0v) is 16.9. The molecule has 0 aliphatic rings. The number of fused-ring (bicyclic) bond motifs is 1. The first-order valence-electron chi connectivity index (χ1n) is 9.97. The van der Waals surface area contributed by atoms with Crippen LogP contribution < -0.4 is 10.1 Å². The van der Waals surface area contributed by atoms with E-state index in [0.29, 0.717) is 22.9 Å². The number of aromatic nitrogens is 5. The molecule has 0 aliphatic carbocycles. The van der Waals surface area contributed by atoms with Gasteiger partial charge in [-0.05, 0) is 48.5 Å². The number of pyridine rings is 1. The van der Waals surface area contributed by atoms with Crippen LogP contribution in [0.4, 0.5) is 5.69 Å². The second-order valence-electron chi connectivity index (χ2n) is 6.98. The lowest BCUT2D eigenvalue weighted by molar-refractivity contribution is -0.118. The summed E-state index contributed by atoms with van der Waals surface area (Å²) in [7, 11) is 0. The molecule has 8 heteroatoms. The molecule has 1 amide bonds. The van der Waals surface area contributed by atoms with Crippen LogP contribution in [0.2, 0.25) is 0 Å². The van der Waals surface area contributed by atoms with Crippen LogP contribution in [0.25, 0.3) is 28.3 Å². The van der Waals surface area contributed by atoms with Crippen molar-refractivity contribution >= 4 is 17.2 Å². The molecular formula is C24H18N6O2. The molecule has 0 saturated heterocycles. The van der Waals surface area contributed by atoms with E-state index in [4.69, 9.17) is 9.84 Å². The van der Waals surface area contributed by atoms with E-state index in [0.717, 1.165) is 16.8 Å². The van der Waals surface area contributed by atoms with Gasteiger partial charge in [-0.1, -0.05) is 30.3 Å². The van der Waals surface area contributed by atoms with Crippen LogP contribution in [-0.4, -0.2) is 37.3 Å². The zero-order chi connectivity index (χ0) is 21.8. The third-order valence-electron chi connectivity index (χ3n) is 4.76. The SMILES string of the molecule is O=C(COc1ccccc1)Nc1cccc(-c2ccc3nnc(-c4ccncc4)n3n2)c1. The number of carbonyl (C=O) groups is 1. The predicted octanol–water partition coefficient (Wildman–Crippen LogP) is 3.87. The van der Waals surface area contributed by atoms with Crippen molar-refractivity contribution < 1.29 is 9.53 Å². The van der Waals surface area contributed by atoms with E-state index in [1.807, 2.05) is 66.7 Å². The Kier molecular flexibility index (Phi) is 5.24. The van der Waals surface area contributed by atoms with Crippen molar-refractivity contribution in [2.24, 2.45) is 0 Å². The van der Waals surface area contributed by atoms with Crippen molar-refractivity contribution in [2.45, 2.75) is 0 Å². The fraction of sp³-hybridized carbons (Fsp3) is 0.0417. The maximum absolute atomic E-state index is 12.3. The summed E-state index contributed by atoms with van der Waals surface area (Å²) in [6.45, 7) is -0.0750. The molecular weight excluding hydrogens is 404 g/mol. The maximum Gasteiger partial charge on any atom is 0.262 e. The summed E-state index contributed by atoms with van der Waals surface area (Å²) < 4.78 is 7.20. The van der Waals surface area contributed by atoms with Crippen LogP contribution in [0, 0.1) is 0 Å². The molecule has 0 fully saturated rings. The van der Waals surface area contributed by atoms with Gasteiger partial charge in [-0.3, -0.25) is 9.78 Å². The first-order valence-corrected chi connectivity index (χ1v) is 9.97. The molecule has 0 atom stereocenters. The molecule has 3 heterocycles. The van der Waals surface area contributed by atoms with E-state index >= 15 is 0 Å². The first-order chi connectivity index (χ1) is 15.8. The lowest BCUT2D eigenvalue weighted by atomic mass is 10.1. The second kappa shape index (κ2) is 8.65. The minimum atomic E-state index is -0.242. The highest BCUT2D eigenvalue weighted by atomic mass is 16.5. The number of hydrogen-bond donors (Lipinski definition) is 1. The van der Waals surface area contributed by atoms with E-state index < -0.39 is 0 Å². The number of hydrogen-bond acceptors (Lipinski definition) is 6. The average molecular weight is 422 g/mol. The number of nitrogens with one attached hydrogen (secondary N) is 1. The van der Waals surface area contributed by atoms with Gasteiger partial charge in [0, 0.05) is 29.2 Å². The smallest absolute Gasteiger partial charge is 0.262 e. The summed E-state index contributed by atoms with van der Waals surface area (Å²) in [6, 6.07) is 24.2. The van der Waals surface area contributed by atoms with Gasteiger partial charge in [0.2, 0.25) is 0 Å². The van der Waals surface area contributed by atoms with Gasteiger partial charge in [0.15, 0.2) is 18.1 Å². The van der Waals surface area contributed by atoms with Gasteiger partial charge in [0.1, 0.15) is 5.75 Å². The van der Waals surface area contributed by atoms with Crippen molar-refractivity contribution in [1.82, 2.24) is 24.8 Å². The minimum absolute atomic E-state index is 0.0750. The second-order valence-corrected chi connectivity index (χ2v) is 6.98. The van der Waals surface area contributed by atoms with Gasteiger partial charge in [-0.2, -0.15) is 9.61 Å². The normalized spacial score (nSPS) is 10.8. The largest absolute Gasteiger partial charge is 0.484 e. The van der Waals surface area contributed by atoms with Gasteiger partial charge in [0.25, 0.3) is 5.91 Å². The maximum atomic E-state index is 12.3. The van der Waals surface area contributed by atoms with Crippen molar-refractivity contribution in [3.05, 3.63) is 91.3 Å². The number of amides is 1. The van der Waals surface area contributed by atoms with E-state index in [-0.39, 0.29) is 12.5 Å². The molecule has 156 valence electrons. The number of anilines is 1. The number of para-hydroxylation sites is 1. The van der Waals surface area contributed by atoms with Crippen LogP contribution in [0.15, 0.2) is 91.3 Å². The Morgan fingerprint density at radius 2 is 1.72 bits per heavy atom. The standard InChI is InChI=1S/C24H18N6O2/c31-23(16-32-20-7-2-1-3-8-20)26-19-6-4-5-18(15-19)21-9-10-22-27-28-24(30(22)29-21)17-11-13-25-14-12-17/h1-15H,16H2,(H,26,31). The lowest BCUT2D eigenvalue weighted by Crippen LogP contribution is -2.20. The van der Waals surface area contributed by atoms with E-state index in [1.165, 1.54) is 0 Å². The Labute approximate surface area is 183 Å². The van der Waals surface area contributed by atoms with Gasteiger partial charge in [0.05, 0.1) is 5.69 Å². The molecule has 0 spiro atoms. The third-order valence-corrected chi connectivity index (χ3v) is 4.76. The third kappa shape index (κ3) is 4.15. The van der Waals surface area contributed by atoms with Gasteiger partial charge in [-0.15, -0.1) is 10.2 Å². The van der Waals surface area contributed by atoms with Crippen LogP contribution >= 0.6 is 0 Å². The van der Waals surface area contributed by atoms with Crippen LogP contribution in [0.1, 0.15) is 0 Å². The van der Waals surface area contributed by atoms with Crippen molar-refractivity contribution in [2.75, 3.05) is 11.9 Å². The van der Waals surface area contributed by atoms with Gasteiger partial charge in [-0.25, -0.2) is 0 Å².